The molecule has 0 saturated carbocycles. The van der Waals surface area contributed by atoms with Gasteiger partial charge < -0.3 is 10.1 Å². The maximum Gasteiger partial charge on any atom is 0.0997 e. The minimum atomic E-state index is -0.456. The fraction of sp³-hybridized carbons (Fsp3) is 0.333. The summed E-state index contributed by atoms with van der Waals surface area (Å²) in [5, 5.41) is 9.58. The number of H-pyrrole nitrogens is 1. The lowest BCUT2D eigenvalue weighted by Gasteiger charge is -2.12. The van der Waals surface area contributed by atoms with Crippen LogP contribution in [0.5, 0.6) is 0 Å². The average molecular weight is 151 g/mol. The van der Waals surface area contributed by atoms with Crippen molar-refractivity contribution in [2.24, 2.45) is 5.92 Å². The Labute approximate surface area is 66.6 Å². The molecule has 2 N–H and O–H groups in total. The van der Waals surface area contributed by atoms with Gasteiger partial charge in [0.05, 0.1) is 6.10 Å². The number of aliphatic hydroxyl groups is 1. The summed E-state index contributed by atoms with van der Waals surface area (Å²) < 4.78 is 0. The smallest absolute Gasteiger partial charge is 0.0997 e. The highest BCUT2D eigenvalue weighted by Crippen LogP contribution is 2.19. The highest BCUT2D eigenvalue weighted by atomic mass is 16.3. The molecule has 1 aromatic rings. The average Bonchev–Trinajstić information content (AvgIpc) is 2.53. The van der Waals surface area contributed by atoms with Gasteiger partial charge in [0.15, 0.2) is 0 Å². The summed E-state index contributed by atoms with van der Waals surface area (Å²) in [5.41, 5.74) is 0.845. The fourth-order valence-corrected chi connectivity index (χ4v) is 0.940. The van der Waals surface area contributed by atoms with Gasteiger partial charge in [0, 0.05) is 17.8 Å². The standard InChI is InChI=1S/C9H13NO/c1-3-7(2)9(11)8-5-4-6-10-8/h3-7,9-11H,1H2,2H3. The van der Waals surface area contributed by atoms with Crippen LogP contribution in [0.25, 0.3) is 0 Å². The predicted octanol–water partition coefficient (Wildman–Crippen LogP) is 1.87. The maximum absolute atomic E-state index is 9.58. The van der Waals surface area contributed by atoms with E-state index in [1.165, 1.54) is 0 Å². The van der Waals surface area contributed by atoms with Crippen LogP contribution in [0.2, 0.25) is 0 Å². The Morgan fingerprint density at radius 1 is 1.73 bits per heavy atom. The molecule has 2 heteroatoms. The highest BCUT2D eigenvalue weighted by Gasteiger charge is 2.12. The van der Waals surface area contributed by atoms with E-state index in [9.17, 15) is 5.11 Å². The van der Waals surface area contributed by atoms with E-state index >= 15 is 0 Å². The number of aromatic nitrogens is 1. The minimum absolute atomic E-state index is 0.0913. The summed E-state index contributed by atoms with van der Waals surface area (Å²) in [5.74, 6) is 0.0913. The van der Waals surface area contributed by atoms with Gasteiger partial charge in [-0.25, -0.2) is 0 Å². The van der Waals surface area contributed by atoms with Crippen LogP contribution in [0.4, 0.5) is 0 Å². The largest absolute Gasteiger partial charge is 0.386 e. The highest BCUT2D eigenvalue weighted by molar-refractivity contribution is 5.09. The SMILES string of the molecule is C=CC(C)C(O)c1ccc[nH]1. The number of hydrogen-bond acceptors (Lipinski definition) is 1. The fourth-order valence-electron chi connectivity index (χ4n) is 0.940. The third-order valence-electron chi connectivity index (χ3n) is 1.81. The van der Waals surface area contributed by atoms with E-state index in [1.807, 2.05) is 19.1 Å². The van der Waals surface area contributed by atoms with Crippen molar-refractivity contribution >= 4 is 0 Å². The molecule has 60 valence electrons. The van der Waals surface area contributed by atoms with Gasteiger partial charge >= 0.3 is 0 Å². The molecule has 0 amide bonds. The second-order valence-electron chi connectivity index (χ2n) is 2.67. The van der Waals surface area contributed by atoms with Crippen molar-refractivity contribution in [2.45, 2.75) is 13.0 Å². The number of nitrogens with one attached hydrogen (secondary N) is 1. The van der Waals surface area contributed by atoms with Crippen LogP contribution in [-0.2, 0) is 0 Å². The molecule has 2 nitrogen and oxygen atoms in total. The molecule has 0 radical (unpaired) electrons. The summed E-state index contributed by atoms with van der Waals surface area (Å²) in [7, 11) is 0. The number of aliphatic hydroxyl groups excluding tert-OH is 1. The summed E-state index contributed by atoms with van der Waals surface area (Å²) in [6, 6.07) is 3.74. The molecule has 0 spiro atoms. The summed E-state index contributed by atoms with van der Waals surface area (Å²) >= 11 is 0. The van der Waals surface area contributed by atoms with E-state index in [4.69, 9.17) is 0 Å². The molecule has 0 aliphatic rings. The quantitative estimate of drug-likeness (QED) is 0.635. The van der Waals surface area contributed by atoms with Gasteiger partial charge in [-0.2, -0.15) is 0 Å². The van der Waals surface area contributed by atoms with Crippen LogP contribution in [-0.4, -0.2) is 10.1 Å². The first-order valence-corrected chi connectivity index (χ1v) is 3.69. The first-order chi connectivity index (χ1) is 5.25. The van der Waals surface area contributed by atoms with E-state index in [0.717, 1.165) is 5.69 Å². The second kappa shape index (κ2) is 3.39. The zero-order valence-corrected chi connectivity index (χ0v) is 6.62. The Morgan fingerprint density at radius 3 is 2.91 bits per heavy atom. The maximum atomic E-state index is 9.58. The van der Waals surface area contributed by atoms with Crippen molar-refractivity contribution in [3.63, 3.8) is 0 Å². The monoisotopic (exact) mass is 151 g/mol. The Balaban J connectivity index is 2.69. The zero-order chi connectivity index (χ0) is 8.27. The van der Waals surface area contributed by atoms with Crippen molar-refractivity contribution in [3.05, 3.63) is 36.7 Å². The van der Waals surface area contributed by atoms with Crippen molar-refractivity contribution in [1.29, 1.82) is 0 Å². The van der Waals surface area contributed by atoms with E-state index in [0.29, 0.717) is 0 Å². The zero-order valence-electron chi connectivity index (χ0n) is 6.62. The molecule has 0 aromatic carbocycles. The van der Waals surface area contributed by atoms with Crippen molar-refractivity contribution < 1.29 is 5.11 Å². The predicted molar refractivity (Wildman–Crippen MR) is 45.1 cm³/mol. The van der Waals surface area contributed by atoms with Gasteiger partial charge in [-0.05, 0) is 12.1 Å². The number of rotatable bonds is 3. The molecule has 1 rings (SSSR count). The summed E-state index contributed by atoms with van der Waals surface area (Å²) in [6.45, 7) is 5.55. The van der Waals surface area contributed by atoms with E-state index < -0.39 is 6.10 Å². The third kappa shape index (κ3) is 1.71. The normalized spacial score (nSPS) is 15.8. The van der Waals surface area contributed by atoms with Crippen molar-refractivity contribution in [2.75, 3.05) is 0 Å². The molecule has 1 heterocycles. The van der Waals surface area contributed by atoms with Crippen molar-refractivity contribution in [1.82, 2.24) is 4.98 Å². The lowest BCUT2D eigenvalue weighted by molar-refractivity contribution is 0.136. The van der Waals surface area contributed by atoms with Crippen LogP contribution in [0.15, 0.2) is 31.0 Å². The van der Waals surface area contributed by atoms with E-state index in [-0.39, 0.29) is 5.92 Å². The second-order valence-corrected chi connectivity index (χ2v) is 2.67. The van der Waals surface area contributed by atoms with Crippen LogP contribution in [0.1, 0.15) is 18.7 Å². The Morgan fingerprint density at radius 2 is 2.45 bits per heavy atom. The lowest BCUT2D eigenvalue weighted by Crippen LogP contribution is -2.06. The van der Waals surface area contributed by atoms with Gasteiger partial charge in [-0.1, -0.05) is 13.0 Å². The first kappa shape index (κ1) is 8.08. The third-order valence-corrected chi connectivity index (χ3v) is 1.81. The van der Waals surface area contributed by atoms with Crippen LogP contribution in [0, 0.1) is 5.92 Å². The van der Waals surface area contributed by atoms with Gasteiger partial charge in [-0.15, -0.1) is 6.58 Å². The minimum Gasteiger partial charge on any atom is -0.386 e. The Bertz CT molecular complexity index is 215. The molecule has 0 fully saturated rings. The molecule has 11 heavy (non-hydrogen) atoms. The summed E-state index contributed by atoms with van der Waals surface area (Å²) in [6.07, 6.45) is 3.09. The molecular weight excluding hydrogens is 138 g/mol. The first-order valence-electron chi connectivity index (χ1n) is 3.69. The van der Waals surface area contributed by atoms with Gasteiger partial charge in [0.25, 0.3) is 0 Å². The molecule has 0 aliphatic heterocycles. The van der Waals surface area contributed by atoms with Gasteiger partial charge in [0.2, 0.25) is 0 Å². The van der Waals surface area contributed by atoms with E-state index in [2.05, 4.69) is 11.6 Å². The van der Waals surface area contributed by atoms with Crippen molar-refractivity contribution in [3.8, 4) is 0 Å². The summed E-state index contributed by atoms with van der Waals surface area (Å²) in [4.78, 5) is 2.95. The molecular formula is C9H13NO. The Hall–Kier alpha value is -1.02. The number of aromatic amines is 1. The molecule has 0 bridgehead atoms. The van der Waals surface area contributed by atoms with Crippen LogP contribution < -0.4 is 0 Å². The molecule has 2 atom stereocenters. The van der Waals surface area contributed by atoms with Gasteiger partial charge in [0.1, 0.15) is 0 Å². The molecule has 1 aromatic heterocycles. The topological polar surface area (TPSA) is 36.0 Å². The Kier molecular flexibility index (Phi) is 2.49. The number of hydrogen-bond donors (Lipinski definition) is 2. The van der Waals surface area contributed by atoms with Crippen LogP contribution >= 0.6 is 0 Å². The van der Waals surface area contributed by atoms with E-state index in [1.54, 1.807) is 12.3 Å². The molecule has 0 aliphatic carbocycles. The molecule has 2 unspecified atom stereocenters. The van der Waals surface area contributed by atoms with Crippen LogP contribution in [0.3, 0.4) is 0 Å². The molecule has 0 saturated heterocycles. The lowest BCUT2D eigenvalue weighted by atomic mass is 10.0. The van der Waals surface area contributed by atoms with Gasteiger partial charge in [-0.3, -0.25) is 0 Å².